The molecule has 4 rings (SSSR count). The Morgan fingerprint density at radius 1 is 1.20 bits per heavy atom. The first kappa shape index (κ1) is 20.0. The number of carbonyl (C=O) groups excluding carboxylic acids is 1. The fourth-order valence-electron chi connectivity index (χ4n) is 3.43. The predicted molar refractivity (Wildman–Crippen MR) is 119 cm³/mol. The number of methoxy groups -OCH3 is 1. The molecule has 2 heterocycles. The number of para-hydroxylation sites is 1. The van der Waals surface area contributed by atoms with E-state index >= 15 is 0 Å². The van der Waals surface area contributed by atoms with Gasteiger partial charge in [-0.2, -0.15) is 4.98 Å². The number of aromatic nitrogens is 3. The number of rotatable bonds is 6. The fraction of sp³-hybridized carbons (Fsp3) is 0.227. The minimum absolute atomic E-state index is 0.183. The van der Waals surface area contributed by atoms with Crippen molar-refractivity contribution in [1.29, 1.82) is 0 Å². The second kappa shape index (κ2) is 8.62. The van der Waals surface area contributed by atoms with Crippen molar-refractivity contribution in [2.45, 2.75) is 25.0 Å². The van der Waals surface area contributed by atoms with Gasteiger partial charge in [-0.25, -0.2) is 4.68 Å². The molecule has 8 heteroatoms. The van der Waals surface area contributed by atoms with Crippen LogP contribution in [0.3, 0.4) is 0 Å². The number of anilines is 2. The van der Waals surface area contributed by atoms with Gasteiger partial charge in [-0.3, -0.25) is 4.79 Å². The maximum Gasteiger partial charge on any atom is 0.255 e. The SMILES string of the molecule is CCSc1nc2n(n1)[C@H](c1ccc(OC)cc1)C(C(=O)Nc1ccccc1)=C(C)N2. The molecule has 0 spiro atoms. The number of ether oxygens (including phenoxy) is 1. The second-order valence-electron chi connectivity index (χ2n) is 6.76. The first-order valence-corrected chi connectivity index (χ1v) is 10.7. The highest BCUT2D eigenvalue weighted by Crippen LogP contribution is 2.37. The third-order valence-electron chi connectivity index (χ3n) is 4.81. The van der Waals surface area contributed by atoms with Crippen LogP contribution in [0.25, 0.3) is 0 Å². The quantitative estimate of drug-likeness (QED) is 0.577. The van der Waals surface area contributed by atoms with Crippen molar-refractivity contribution in [2.24, 2.45) is 0 Å². The van der Waals surface area contributed by atoms with Crippen LogP contribution in [-0.4, -0.2) is 33.5 Å². The molecule has 3 aromatic rings. The molecule has 0 bridgehead atoms. The molecule has 0 fully saturated rings. The van der Waals surface area contributed by atoms with Crippen molar-refractivity contribution in [1.82, 2.24) is 14.8 Å². The van der Waals surface area contributed by atoms with Gasteiger partial charge in [0.05, 0.1) is 12.7 Å². The van der Waals surface area contributed by atoms with Crippen LogP contribution in [0, 0.1) is 0 Å². The first-order chi connectivity index (χ1) is 14.6. The average Bonchev–Trinajstić information content (AvgIpc) is 3.15. The Bertz CT molecular complexity index is 1080. The summed E-state index contributed by atoms with van der Waals surface area (Å²) in [6.45, 7) is 3.95. The van der Waals surface area contributed by atoms with E-state index in [1.54, 1.807) is 23.6 Å². The lowest BCUT2D eigenvalue weighted by Gasteiger charge is -2.28. The molecule has 1 atom stereocenters. The van der Waals surface area contributed by atoms with Crippen LogP contribution in [0.1, 0.15) is 25.5 Å². The summed E-state index contributed by atoms with van der Waals surface area (Å²) in [7, 11) is 1.63. The molecule has 0 saturated carbocycles. The topological polar surface area (TPSA) is 81.1 Å². The minimum atomic E-state index is -0.408. The maximum atomic E-state index is 13.3. The molecule has 1 aliphatic rings. The zero-order chi connectivity index (χ0) is 21.1. The monoisotopic (exact) mass is 421 g/mol. The average molecular weight is 422 g/mol. The van der Waals surface area contributed by atoms with Crippen molar-refractivity contribution in [3.8, 4) is 5.75 Å². The molecule has 0 saturated heterocycles. The van der Waals surface area contributed by atoms with Crippen molar-refractivity contribution in [3.63, 3.8) is 0 Å². The van der Waals surface area contributed by atoms with Gasteiger partial charge in [0.2, 0.25) is 11.1 Å². The molecule has 0 unspecified atom stereocenters. The van der Waals surface area contributed by atoms with Crippen LogP contribution in [0.4, 0.5) is 11.6 Å². The van der Waals surface area contributed by atoms with E-state index in [9.17, 15) is 4.79 Å². The molecule has 1 aliphatic heterocycles. The van der Waals surface area contributed by atoms with Crippen LogP contribution in [0.2, 0.25) is 0 Å². The first-order valence-electron chi connectivity index (χ1n) is 9.68. The molecule has 2 aromatic carbocycles. The van der Waals surface area contributed by atoms with Gasteiger partial charge in [0, 0.05) is 11.4 Å². The van der Waals surface area contributed by atoms with E-state index in [4.69, 9.17) is 4.74 Å². The molecule has 154 valence electrons. The lowest BCUT2D eigenvalue weighted by Crippen LogP contribution is -2.31. The number of fused-ring (bicyclic) bond motifs is 1. The molecule has 0 aliphatic carbocycles. The Labute approximate surface area is 179 Å². The molecule has 7 nitrogen and oxygen atoms in total. The summed E-state index contributed by atoms with van der Waals surface area (Å²) < 4.78 is 7.08. The molecule has 2 N–H and O–H groups in total. The second-order valence-corrected chi connectivity index (χ2v) is 7.99. The third-order valence-corrected chi connectivity index (χ3v) is 5.53. The van der Waals surface area contributed by atoms with Gasteiger partial charge in [0.1, 0.15) is 11.8 Å². The smallest absolute Gasteiger partial charge is 0.255 e. The van der Waals surface area contributed by atoms with Gasteiger partial charge in [0.25, 0.3) is 5.91 Å². The van der Waals surface area contributed by atoms with Gasteiger partial charge < -0.3 is 15.4 Å². The number of hydrogen-bond donors (Lipinski definition) is 2. The van der Waals surface area contributed by atoms with Crippen molar-refractivity contribution in [3.05, 3.63) is 71.4 Å². The Kier molecular flexibility index (Phi) is 5.76. The predicted octanol–water partition coefficient (Wildman–Crippen LogP) is 4.33. The number of hydrogen-bond acceptors (Lipinski definition) is 6. The number of thioether (sulfide) groups is 1. The highest BCUT2D eigenvalue weighted by atomic mass is 32.2. The standard InChI is InChI=1S/C22H23N5O2S/c1-4-30-22-25-21-23-14(2)18(20(28)24-16-8-6-5-7-9-16)19(27(21)26-22)15-10-12-17(29-3)13-11-15/h5-13,19H,4H2,1-3H3,(H,24,28)(H,23,25,26)/t19-/m1/s1. The van der Waals surface area contributed by atoms with Crippen LogP contribution in [0.5, 0.6) is 5.75 Å². The Hall–Kier alpha value is -3.26. The number of allylic oxidation sites excluding steroid dienone is 1. The largest absolute Gasteiger partial charge is 0.497 e. The van der Waals surface area contributed by atoms with Crippen LogP contribution >= 0.6 is 11.8 Å². The Morgan fingerprint density at radius 3 is 2.60 bits per heavy atom. The van der Waals surface area contributed by atoms with E-state index in [1.165, 1.54) is 0 Å². The zero-order valence-corrected chi connectivity index (χ0v) is 17.9. The van der Waals surface area contributed by atoms with Gasteiger partial charge in [-0.05, 0) is 42.5 Å². The Balaban J connectivity index is 1.77. The highest BCUT2D eigenvalue weighted by molar-refractivity contribution is 7.99. The van der Waals surface area contributed by atoms with Gasteiger partial charge in [-0.15, -0.1) is 5.10 Å². The van der Waals surface area contributed by atoms with Crippen molar-refractivity contribution >= 4 is 29.3 Å². The molecule has 1 amide bonds. The molecule has 30 heavy (non-hydrogen) atoms. The molecule has 1 aromatic heterocycles. The Morgan fingerprint density at radius 2 is 1.93 bits per heavy atom. The van der Waals surface area contributed by atoms with E-state index in [1.807, 2.05) is 61.5 Å². The van der Waals surface area contributed by atoms with Crippen LogP contribution < -0.4 is 15.4 Å². The summed E-state index contributed by atoms with van der Waals surface area (Å²) in [5, 5.41) is 11.6. The van der Waals surface area contributed by atoms with Gasteiger partial charge in [-0.1, -0.05) is 49.0 Å². The minimum Gasteiger partial charge on any atom is -0.497 e. The van der Waals surface area contributed by atoms with Gasteiger partial charge in [0.15, 0.2) is 0 Å². The van der Waals surface area contributed by atoms with Crippen molar-refractivity contribution < 1.29 is 9.53 Å². The lowest BCUT2D eigenvalue weighted by molar-refractivity contribution is -0.113. The summed E-state index contributed by atoms with van der Waals surface area (Å²) in [5.41, 5.74) is 3.00. The van der Waals surface area contributed by atoms with E-state index < -0.39 is 6.04 Å². The zero-order valence-electron chi connectivity index (χ0n) is 17.0. The normalized spacial score (nSPS) is 15.4. The number of nitrogens with one attached hydrogen (secondary N) is 2. The van der Waals surface area contributed by atoms with Crippen molar-refractivity contribution in [2.75, 3.05) is 23.5 Å². The van der Waals surface area contributed by atoms with E-state index in [0.29, 0.717) is 16.7 Å². The van der Waals surface area contributed by atoms with Crippen LogP contribution in [0.15, 0.2) is 71.0 Å². The molecular weight excluding hydrogens is 398 g/mol. The molecule has 0 radical (unpaired) electrons. The number of nitrogens with zero attached hydrogens (tertiary/aromatic N) is 3. The van der Waals surface area contributed by atoms with Crippen LogP contribution in [-0.2, 0) is 4.79 Å². The summed E-state index contributed by atoms with van der Waals surface area (Å²) in [4.78, 5) is 17.9. The van der Waals surface area contributed by atoms with Gasteiger partial charge >= 0.3 is 0 Å². The fourth-order valence-corrected chi connectivity index (χ4v) is 3.98. The van der Waals surface area contributed by atoms with E-state index in [-0.39, 0.29) is 5.91 Å². The van der Waals surface area contributed by atoms with E-state index in [0.717, 1.165) is 28.5 Å². The summed E-state index contributed by atoms with van der Waals surface area (Å²) in [6, 6.07) is 16.7. The summed E-state index contributed by atoms with van der Waals surface area (Å²) >= 11 is 1.56. The maximum absolute atomic E-state index is 13.3. The summed E-state index contributed by atoms with van der Waals surface area (Å²) in [6.07, 6.45) is 0. The third kappa shape index (κ3) is 3.91. The number of carbonyl (C=O) groups is 1. The molecular formula is C22H23N5O2S. The number of amides is 1. The van der Waals surface area contributed by atoms with E-state index in [2.05, 4.69) is 27.6 Å². The number of benzene rings is 2. The highest BCUT2D eigenvalue weighted by Gasteiger charge is 2.34. The lowest BCUT2D eigenvalue weighted by atomic mass is 9.95. The summed E-state index contributed by atoms with van der Waals surface area (Å²) in [5.74, 6) is 2.06.